The van der Waals surface area contributed by atoms with Crippen LogP contribution in [0.1, 0.15) is 16.8 Å². The van der Waals surface area contributed by atoms with Crippen LogP contribution < -0.4 is 11.3 Å². The lowest BCUT2D eigenvalue weighted by Crippen LogP contribution is -2.31. The number of nitrogens with zero attached hydrogens (tertiary/aromatic N) is 2. The van der Waals surface area contributed by atoms with Crippen molar-refractivity contribution in [2.75, 3.05) is 5.75 Å². The SMILES string of the molecule is Cc1cc(C(F)(F)F)nc(SCC(=O)NN)c1C#N. The zero-order chi connectivity index (χ0) is 14.6. The number of hydrogen-bond donors (Lipinski definition) is 2. The van der Waals surface area contributed by atoms with Gasteiger partial charge in [0.2, 0.25) is 5.91 Å². The van der Waals surface area contributed by atoms with Gasteiger partial charge < -0.3 is 0 Å². The summed E-state index contributed by atoms with van der Waals surface area (Å²) in [5, 5.41) is 8.77. The molecule has 0 aromatic carbocycles. The number of carbonyl (C=O) groups excluding carboxylic acids is 1. The van der Waals surface area contributed by atoms with E-state index in [0.29, 0.717) is 0 Å². The van der Waals surface area contributed by atoms with Crippen LogP contribution in [0.15, 0.2) is 11.1 Å². The molecular formula is C10H9F3N4OS. The van der Waals surface area contributed by atoms with Crippen LogP contribution in [0, 0.1) is 18.3 Å². The number of aryl methyl sites for hydroxylation is 1. The molecule has 0 aliphatic rings. The number of hydrogen-bond acceptors (Lipinski definition) is 5. The minimum absolute atomic E-state index is 0.0165. The number of pyridine rings is 1. The van der Waals surface area contributed by atoms with E-state index in [1.54, 1.807) is 6.07 Å². The maximum Gasteiger partial charge on any atom is 0.433 e. The van der Waals surface area contributed by atoms with E-state index in [4.69, 9.17) is 11.1 Å². The molecule has 0 aliphatic heterocycles. The second kappa shape index (κ2) is 5.90. The highest BCUT2D eigenvalue weighted by atomic mass is 32.2. The van der Waals surface area contributed by atoms with E-state index in [1.807, 2.05) is 5.43 Å². The molecule has 102 valence electrons. The zero-order valence-electron chi connectivity index (χ0n) is 9.71. The first-order chi connectivity index (χ1) is 8.79. The molecule has 9 heteroatoms. The third-order valence-corrected chi connectivity index (χ3v) is 3.06. The summed E-state index contributed by atoms with van der Waals surface area (Å²) >= 11 is 0.723. The maximum absolute atomic E-state index is 12.6. The number of amides is 1. The molecule has 1 amide bonds. The molecule has 0 fully saturated rings. The molecule has 19 heavy (non-hydrogen) atoms. The number of nitrogens with one attached hydrogen (secondary N) is 1. The lowest BCUT2D eigenvalue weighted by molar-refractivity contribution is -0.141. The molecule has 1 rings (SSSR count). The van der Waals surface area contributed by atoms with Crippen molar-refractivity contribution in [2.45, 2.75) is 18.1 Å². The van der Waals surface area contributed by atoms with Gasteiger partial charge in [0, 0.05) is 0 Å². The van der Waals surface area contributed by atoms with Crippen LogP contribution in [0.5, 0.6) is 0 Å². The second-order valence-corrected chi connectivity index (χ2v) is 4.43. The standard InChI is InChI=1S/C10H9F3N4OS/c1-5-2-7(10(11,12)13)16-9(6(5)3-14)19-4-8(18)17-15/h2H,4,15H2,1H3,(H,17,18). The third kappa shape index (κ3) is 3.84. The van der Waals surface area contributed by atoms with E-state index in [9.17, 15) is 18.0 Å². The van der Waals surface area contributed by atoms with Gasteiger partial charge in [0.1, 0.15) is 16.8 Å². The van der Waals surface area contributed by atoms with Gasteiger partial charge >= 0.3 is 6.18 Å². The van der Waals surface area contributed by atoms with Crippen molar-refractivity contribution >= 4 is 17.7 Å². The molecule has 1 aromatic rings. The van der Waals surface area contributed by atoms with Crippen LogP contribution in [0.25, 0.3) is 0 Å². The van der Waals surface area contributed by atoms with Crippen molar-refractivity contribution < 1.29 is 18.0 Å². The Morgan fingerprint density at radius 3 is 2.74 bits per heavy atom. The first kappa shape index (κ1) is 15.3. The number of hydrazine groups is 1. The Morgan fingerprint density at radius 2 is 2.26 bits per heavy atom. The predicted octanol–water partition coefficient (Wildman–Crippen LogP) is 1.36. The van der Waals surface area contributed by atoms with Gasteiger partial charge in [-0.3, -0.25) is 10.2 Å². The van der Waals surface area contributed by atoms with E-state index >= 15 is 0 Å². The molecule has 1 aromatic heterocycles. The number of halogens is 3. The fraction of sp³-hybridized carbons (Fsp3) is 0.300. The summed E-state index contributed by atoms with van der Waals surface area (Å²) in [7, 11) is 0. The Kier molecular flexibility index (Phi) is 4.74. The first-order valence-electron chi connectivity index (χ1n) is 4.90. The second-order valence-electron chi connectivity index (χ2n) is 3.47. The average molecular weight is 290 g/mol. The lowest BCUT2D eigenvalue weighted by atomic mass is 10.1. The summed E-state index contributed by atoms with van der Waals surface area (Å²) < 4.78 is 37.8. The van der Waals surface area contributed by atoms with Gasteiger partial charge in [0.05, 0.1) is 11.3 Å². The van der Waals surface area contributed by atoms with Crippen molar-refractivity contribution in [3.63, 3.8) is 0 Å². The van der Waals surface area contributed by atoms with Gasteiger partial charge in [0.25, 0.3) is 0 Å². The fourth-order valence-corrected chi connectivity index (χ4v) is 2.07. The summed E-state index contributed by atoms with van der Waals surface area (Å²) in [4.78, 5) is 14.3. The maximum atomic E-state index is 12.6. The monoisotopic (exact) mass is 290 g/mol. The number of aromatic nitrogens is 1. The molecule has 0 bridgehead atoms. The van der Waals surface area contributed by atoms with Gasteiger partial charge in [0.15, 0.2) is 0 Å². The summed E-state index contributed by atoms with van der Waals surface area (Å²) in [6.07, 6.45) is -4.61. The topological polar surface area (TPSA) is 91.8 Å². The van der Waals surface area contributed by atoms with E-state index in [0.717, 1.165) is 17.8 Å². The molecule has 0 saturated carbocycles. The summed E-state index contributed by atoms with van der Waals surface area (Å²) in [6, 6.07) is 2.57. The van der Waals surface area contributed by atoms with Crippen molar-refractivity contribution in [1.82, 2.24) is 10.4 Å². The molecular weight excluding hydrogens is 281 g/mol. The summed E-state index contributed by atoms with van der Waals surface area (Å²) in [5.41, 5.74) is 0.912. The smallest absolute Gasteiger partial charge is 0.294 e. The Labute approximate surface area is 111 Å². The number of thioether (sulfide) groups is 1. The highest BCUT2D eigenvalue weighted by Crippen LogP contribution is 2.32. The normalized spacial score (nSPS) is 10.9. The molecule has 0 saturated heterocycles. The number of carbonyl (C=O) groups is 1. The Hall–Kier alpha value is -1.79. The van der Waals surface area contributed by atoms with E-state index in [1.165, 1.54) is 6.92 Å². The molecule has 0 unspecified atom stereocenters. The Morgan fingerprint density at radius 1 is 1.63 bits per heavy atom. The molecule has 5 nitrogen and oxygen atoms in total. The van der Waals surface area contributed by atoms with Crippen LogP contribution in [-0.2, 0) is 11.0 Å². The van der Waals surface area contributed by atoms with Crippen LogP contribution in [0.3, 0.4) is 0 Å². The minimum atomic E-state index is -4.61. The van der Waals surface area contributed by atoms with Gasteiger partial charge in [-0.2, -0.15) is 18.4 Å². The molecule has 0 atom stereocenters. The first-order valence-corrected chi connectivity index (χ1v) is 5.89. The van der Waals surface area contributed by atoms with Crippen molar-refractivity contribution in [1.29, 1.82) is 5.26 Å². The predicted molar refractivity (Wildman–Crippen MR) is 61.7 cm³/mol. The van der Waals surface area contributed by atoms with E-state index < -0.39 is 17.8 Å². The Balaban J connectivity index is 3.17. The number of rotatable bonds is 3. The lowest BCUT2D eigenvalue weighted by Gasteiger charge is -2.11. The van der Waals surface area contributed by atoms with Crippen LogP contribution >= 0.6 is 11.8 Å². The third-order valence-electron chi connectivity index (χ3n) is 2.09. The van der Waals surface area contributed by atoms with E-state index in [-0.39, 0.29) is 21.9 Å². The van der Waals surface area contributed by atoms with E-state index in [2.05, 4.69) is 4.98 Å². The number of alkyl halides is 3. The number of nitriles is 1. The minimum Gasteiger partial charge on any atom is -0.294 e. The number of nitrogens with two attached hydrogens (primary N) is 1. The molecule has 0 spiro atoms. The molecule has 0 radical (unpaired) electrons. The van der Waals surface area contributed by atoms with Crippen molar-refractivity contribution in [3.05, 3.63) is 22.9 Å². The summed E-state index contributed by atoms with van der Waals surface area (Å²) in [6.45, 7) is 1.38. The Bertz CT molecular complexity index is 539. The van der Waals surface area contributed by atoms with Gasteiger partial charge in [-0.05, 0) is 18.6 Å². The molecule has 1 heterocycles. The molecule has 3 N–H and O–H groups in total. The van der Waals surface area contributed by atoms with Gasteiger partial charge in [-0.25, -0.2) is 10.8 Å². The zero-order valence-corrected chi connectivity index (χ0v) is 10.5. The highest BCUT2D eigenvalue weighted by molar-refractivity contribution is 8.00. The summed E-state index contributed by atoms with van der Waals surface area (Å²) in [5.74, 6) is 4.06. The largest absolute Gasteiger partial charge is 0.433 e. The van der Waals surface area contributed by atoms with Gasteiger partial charge in [-0.1, -0.05) is 11.8 Å². The van der Waals surface area contributed by atoms with Crippen molar-refractivity contribution in [3.8, 4) is 6.07 Å². The molecule has 0 aliphatic carbocycles. The van der Waals surface area contributed by atoms with Gasteiger partial charge in [-0.15, -0.1) is 0 Å². The van der Waals surface area contributed by atoms with Crippen LogP contribution in [0.2, 0.25) is 0 Å². The van der Waals surface area contributed by atoms with Crippen molar-refractivity contribution in [2.24, 2.45) is 5.84 Å². The van der Waals surface area contributed by atoms with Crippen LogP contribution in [-0.4, -0.2) is 16.6 Å². The fourth-order valence-electron chi connectivity index (χ4n) is 1.20. The average Bonchev–Trinajstić information content (AvgIpc) is 2.34. The van der Waals surface area contributed by atoms with Crippen LogP contribution in [0.4, 0.5) is 13.2 Å². The quantitative estimate of drug-likeness (QED) is 0.379. The highest BCUT2D eigenvalue weighted by Gasteiger charge is 2.34.